The molecule has 4 aromatic carbocycles. The number of esters is 1. The predicted octanol–water partition coefficient (Wildman–Crippen LogP) is 10.8. The number of hydrogen-bond acceptors (Lipinski definition) is 5. The van der Waals surface area contributed by atoms with E-state index in [2.05, 4.69) is 99.4 Å². The second kappa shape index (κ2) is 13.6. The number of carbonyl (C=O) groups excluding carboxylic acids is 1. The van der Waals surface area contributed by atoms with Crippen LogP contribution in [-0.2, 0) is 10.3 Å². The Morgan fingerprint density at radius 2 is 1.57 bits per heavy atom. The van der Waals surface area contributed by atoms with E-state index in [0.29, 0.717) is 17.2 Å². The van der Waals surface area contributed by atoms with E-state index < -0.39 is 5.60 Å². The number of nitrogens with one attached hydrogen (secondary N) is 1. The number of rotatable bonds is 13. The van der Waals surface area contributed by atoms with Crippen LogP contribution in [0.4, 0.5) is 17.1 Å². The Labute approximate surface area is 274 Å². The first-order valence-electron chi connectivity index (χ1n) is 17.2. The van der Waals surface area contributed by atoms with Crippen molar-refractivity contribution in [2.75, 3.05) is 23.3 Å². The third-order valence-electron chi connectivity index (χ3n) is 9.46. The number of anilines is 3. The van der Waals surface area contributed by atoms with Crippen molar-refractivity contribution in [2.24, 2.45) is 5.92 Å². The van der Waals surface area contributed by atoms with Crippen LogP contribution in [-0.4, -0.2) is 19.1 Å². The third kappa shape index (κ3) is 6.25. The van der Waals surface area contributed by atoms with Gasteiger partial charge >= 0.3 is 5.97 Å². The summed E-state index contributed by atoms with van der Waals surface area (Å²) in [6.45, 7) is 13.0. The molecule has 1 atom stereocenters. The molecule has 2 aliphatic heterocycles. The number of benzene rings is 4. The first-order chi connectivity index (χ1) is 22.3. The fourth-order valence-electron chi connectivity index (χ4n) is 6.88. The van der Waals surface area contributed by atoms with Crippen LogP contribution in [0.1, 0.15) is 104 Å². The SMILES string of the molecule is CCCCCCCCN(CCC(C)C)c1ccc2c(c1)Oc1cc(C)c(Nc3cccc(C)c3)cc1C21OC(=O)c2ccccc21. The van der Waals surface area contributed by atoms with Gasteiger partial charge in [0.2, 0.25) is 0 Å². The fraction of sp³-hybridized carbons (Fsp3) is 0.390. The Hall–Kier alpha value is -4.25. The van der Waals surface area contributed by atoms with Crippen LogP contribution in [0.2, 0.25) is 0 Å². The molecule has 0 saturated carbocycles. The quantitative estimate of drug-likeness (QED) is 0.120. The van der Waals surface area contributed by atoms with Gasteiger partial charge in [-0.15, -0.1) is 0 Å². The molecular weight excluding hydrogens is 568 g/mol. The van der Waals surface area contributed by atoms with E-state index in [0.717, 1.165) is 64.6 Å². The lowest BCUT2D eigenvalue weighted by Crippen LogP contribution is -2.33. The van der Waals surface area contributed by atoms with Gasteiger partial charge in [-0.2, -0.15) is 0 Å². The van der Waals surface area contributed by atoms with Crippen LogP contribution in [0.5, 0.6) is 11.5 Å². The molecule has 0 radical (unpaired) electrons. The van der Waals surface area contributed by atoms with Gasteiger partial charge in [-0.05, 0) is 86.2 Å². The summed E-state index contributed by atoms with van der Waals surface area (Å²) in [5, 5.41) is 3.61. The molecule has 1 N–H and O–H groups in total. The van der Waals surface area contributed by atoms with E-state index in [1.807, 2.05) is 24.3 Å². The monoisotopic (exact) mass is 616 g/mol. The van der Waals surface area contributed by atoms with Gasteiger partial charge in [-0.1, -0.05) is 83.2 Å². The number of fused-ring (bicyclic) bond motifs is 6. The van der Waals surface area contributed by atoms with Crippen LogP contribution >= 0.6 is 0 Å². The summed E-state index contributed by atoms with van der Waals surface area (Å²) in [7, 11) is 0. The fourth-order valence-corrected chi connectivity index (χ4v) is 6.88. The number of ether oxygens (including phenoxy) is 2. The molecule has 240 valence electrons. The molecule has 1 unspecified atom stereocenters. The molecule has 0 aliphatic carbocycles. The Balaban J connectivity index is 1.41. The average molecular weight is 617 g/mol. The molecule has 5 nitrogen and oxygen atoms in total. The van der Waals surface area contributed by atoms with Crippen molar-refractivity contribution in [3.63, 3.8) is 0 Å². The first kappa shape index (κ1) is 31.7. The Morgan fingerprint density at radius 3 is 2.37 bits per heavy atom. The van der Waals surface area contributed by atoms with Gasteiger partial charge in [-0.25, -0.2) is 4.79 Å². The molecule has 0 aromatic heterocycles. The van der Waals surface area contributed by atoms with Crippen LogP contribution in [0.3, 0.4) is 0 Å². The first-order valence-corrected chi connectivity index (χ1v) is 17.2. The van der Waals surface area contributed by atoms with Crippen LogP contribution in [0.25, 0.3) is 0 Å². The number of hydrogen-bond donors (Lipinski definition) is 1. The lowest BCUT2D eigenvalue weighted by molar-refractivity contribution is 0.0224. The van der Waals surface area contributed by atoms with Crippen LogP contribution in [0, 0.1) is 19.8 Å². The second-order valence-corrected chi connectivity index (χ2v) is 13.5. The molecule has 0 fully saturated rings. The minimum Gasteiger partial charge on any atom is -0.456 e. The summed E-state index contributed by atoms with van der Waals surface area (Å²) in [4.78, 5) is 16.0. The van der Waals surface area contributed by atoms with E-state index in [1.54, 1.807) is 0 Å². The van der Waals surface area contributed by atoms with Gasteiger partial charge in [0.15, 0.2) is 5.60 Å². The van der Waals surface area contributed by atoms with E-state index in [-0.39, 0.29) is 5.97 Å². The minimum atomic E-state index is -1.10. The standard InChI is InChI=1S/C41H48N2O3/c1-6-7-8-9-10-13-22-43(23-21-28(2)3)32-19-20-35-39(26-32)45-38-25-30(5)37(42-31-16-14-15-29(4)24-31)27-36(38)41(35)34-18-12-11-17-33(34)40(44)46-41/h11-12,14-20,24-28,42H,6-10,13,21-23H2,1-5H3. The highest BCUT2D eigenvalue weighted by Crippen LogP contribution is 2.57. The highest BCUT2D eigenvalue weighted by Gasteiger charge is 2.53. The summed E-state index contributed by atoms with van der Waals surface area (Å²) in [6.07, 6.45) is 8.75. The van der Waals surface area contributed by atoms with E-state index in [9.17, 15) is 4.79 Å². The molecular formula is C41H48N2O3. The zero-order valence-electron chi connectivity index (χ0n) is 28.1. The maximum Gasteiger partial charge on any atom is 0.340 e. The number of carbonyl (C=O) groups is 1. The summed E-state index contributed by atoms with van der Waals surface area (Å²) in [5.41, 5.74) is 7.38. The molecule has 6 rings (SSSR count). The van der Waals surface area contributed by atoms with Crippen molar-refractivity contribution in [1.82, 2.24) is 0 Å². The Morgan fingerprint density at radius 1 is 0.783 bits per heavy atom. The maximum atomic E-state index is 13.5. The normalized spacial score (nSPS) is 16.1. The van der Waals surface area contributed by atoms with E-state index in [1.165, 1.54) is 44.1 Å². The van der Waals surface area contributed by atoms with Gasteiger partial charge in [-0.3, -0.25) is 0 Å². The molecule has 0 saturated heterocycles. The second-order valence-electron chi connectivity index (χ2n) is 13.5. The lowest BCUT2D eigenvalue weighted by atomic mass is 9.77. The summed E-state index contributed by atoms with van der Waals surface area (Å²) >= 11 is 0. The summed E-state index contributed by atoms with van der Waals surface area (Å²) in [6, 6.07) is 26.8. The topological polar surface area (TPSA) is 50.8 Å². The maximum absolute atomic E-state index is 13.5. The molecule has 0 bridgehead atoms. The molecule has 2 aliphatic rings. The summed E-state index contributed by atoms with van der Waals surface area (Å²) in [5.74, 6) is 1.77. The molecule has 46 heavy (non-hydrogen) atoms. The van der Waals surface area contributed by atoms with Gasteiger partial charge in [0.1, 0.15) is 11.5 Å². The Kier molecular flexibility index (Phi) is 9.39. The summed E-state index contributed by atoms with van der Waals surface area (Å²) < 4.78 is 13.3. The van der Waals surface area contributed by atoms with Gasteiger partial charge in [0, 0.05) is 52.9 Å². The molecule has 1 spiro atoms. The minimum absolute atomic E-state index is 0.311. The molecule has 0 amide bonds. The van der Waals surface area contributed by atoms with Crippen LogP contribution < -0.4 is 15.0 Å². The predicted molar refractivity (Wildman–Crippen MR) is 189 cm³/mol. The van der Waals surface area contributed by atoms with Crippen molar-refractivity contribution < 1.29 is 14.3 Å². The van der Waals surface area contributed by atoms with Gasteiger partial charge < -0.3 is 19.7 Å². The van der Waals surface area contributed by atoms with Crippen molar-refractivity contribution in [1.29, 1.82) is 0 Å². The zero-order valence-corrected chi connectivity index (χ0v) is 28.1. The average Bonchev–Trinajstić information content (AvgIpc) is 3.33. The third-order valence-corrected chi connectivity index (χ3v) is 9.46. The molecule has 2 heterocycles. The van der Waals surface area contributed by atoms with Crippen molar-refractivity contribution in [2.45, 2.75) is 85.2 Å². The van der Waals surface area contributed by atoms with Crippen LogP contribution in [0.15, 0.2) is 78.9 Å². The number of aryl methyl sites for hydroxylation is 2. The highest BCUT2D eigenvalue weighted by atomic mass is 16.6. The largest absolute Gasteiger partial charge is 0.456 e. The Bertz CT molecular complexity index is 1710. The lowest BCUT2D eigenvalue weighted by Gasteiger charge is -2.38. The van der Waals surface area contributed by atoms with Crippen molar-refractivity contribution in [3.8, 4) is 11.5 Å². The zero-order chi connectivity index (χ0) is 32.3. The smallest absolute Gasteiger partial charge is 0.340 e. The van der Waals surface area contributed by atoms with Crippen molar-refractivity contribution in [3.05, 3.63) is 112 Å². The van der Waals surface area contributed by atoms with E-state index >= 15 is 0 Å². The van der Waals surface area contributed by atoms with Gasteiger partial charge in [0.25, 0.3) is 0 Å². The molecule has 4 aromatic rings. The van der Waals surface area contributed by atoms with Gasteiger partial charge in [0.05, 0.1) is 5.56 Å². The number of nitrogens with zero attached hydrogens (tertiary/aromatic N) is 1. The highest BCUT2D eigenvalue weighted by molar-refractivity contribution is 5.97. The molecule has 5 heteroatoms. The van der Waals surface area contributed by atoms with Crippen molar-refractivity contribution >= 4 is 23.0 Å². The number of unbranched alkanes of at least 4 members (excludes halogenated alkanes) is 5. The van der Waals surface area contributed by atoms with E-state index in [4.69, 9.17) is 9.47 Å².